The van der Waals surface area contributed by atoms with Crippen LogP contribution in [0.15, 0.2) is 107 Å². The highest BCUT2D eigenvalue weighted by Crippen LogP contribution is 2.25. The van der Waals surface area contributed by atoms with Gasteiger partial charge in [0.05, 0.1) is 16.9 Å². The zero-order valence-corrected chi connectivity index (χ0v) is 18.1. The fraction of sp³-hybridized carbons (Fsp3) is 0.107. The van der Waals surface area contributed by atoms with Crippen molar-refractivity contribution in [1.82, 2.24) is 9.88 Å². The van der Waals surface area contributed by atoms with Crippen LogP contribution in [0.1, 0.15) is 34.5 Å². The van der Waals surface area contributed by atoms with Gasteiger partial charge in [0.15, 0.2) is 0 Å². The summed E-state index contributed by atoms with van der Waals surface area (Å²) in [5, 5.41) is 1.39. The zero-order chi connectivity index (χ0) is 22.8. The number of fused-ring (bicyclic) bond motifs is 2. The van der Waals surface area contributed by atoms with Crippen molar-refractivity contribution in [2.45, 2.75) is 19.5 Å². The SMILES string of the molecule is CC(c1ccccc1)N(Cc1cnc2ccccc2c1)C(=O)c1coc2ccccc2c1=O. The van der Waals surface area contributed by atoms with E-state index in [4.69, 9.17) is 4.42 Å². The van der Waals surface area contributed by atoms with Gasteiger partial charge < -0.3 is 9.32 Å². The largest absolute Gasteiger partial charge is 0.463 e. The van der Waals surface area contributed by atoms with E-state index in [1.165, 1.54) is 6.26 Å². The van der Waals surface area contributed by atoms with E-state index in [0.29, 0.717) is 17.5 Å². The molecule has 0 aliphatic carbocycles. The van der Waals surface area contributed by atoms with Gasteiger partial charge in [0.2, 0.25) is 5.43 Å². The number of aromatic nitrogens is 1. The van der Waals surface area contributed by atoms with Crippen molar-refractivity contribution in [2.24, 2.45) is 0 Å². The fourth-order valence-corrected chi connectivity index (χ4v) is 4.08. The van der Waals surface area contributed by atoms with Crippen LogP contribution in [-0.2, 0) is 6.54 Å². The van der Waals surface area contributed by atoms with Crippen molar-refractivity contribution in [2.75, 3.05) is 0 Å². The van der Waals surface area contributed by atoms with Crippen LogP contribution in [0.25, 0.3) is 21.9 Å². The normalized spacial score (nSPS) is 12.0. The van der Waals surface area contributed by atoms with Crippen LogP contribution in [0, 0.1) is 0 Å². The summed E-state index contributed by atoms with van der Waals surface area (Å²) in [4.78, 5) is 33.1. The molecule has 162 valence electrons. The van der Waals surface area contributed by atoms with Crippen molar-refractivity contribution < 1.29 is 9.21 Å². The van der Waals surface area contributed by atoms with Gasteiger partial charge in [0.25, 0.3) is 5.91 Å². The van der Waals surface area contributed by atoms with Crippen molar-refractivity contribution in [3.8, 4) is 0 Å². The molecule has 0 saturated carbocycles. The highest BCUT2D eigenvalue weighted by atomic mass is 16.3. The first kappa shape index (κ1) is 20.6. The van der Waals surface area contributed by atoms with Crippen LogP contribution < -0.4 is 5.43 Å². The summed E-state index contributed by atoms with van der Waals surface area (Å²) in [6, 6.07) is 26.4. The number of hydrogen-bond donors (Lipinski definition) is 0. The number of pyridine rings is 1. The lowest BCUT2D eigenvalue weighted by atomic mass is 10.0. The van der Waals surface area contributed by atoms with Crippen molar-refractivity contribution in [1.29, 1.82) is 0 Å². The van der Waals surface area contributed by atoms with Crippen LogP contribution in [0.5, 0.6) is 0 Å². The molecule has 5 aromatic rings. The van der Waals surface area contributed by atoms with E-state index in [1.807, 2.05) is 67.6 Å². The molecule has 3 aromatic carbocycles. The molecule has 2 heterocycles. The van der Waals surface area contributed by atoms with Gasteiger partial charge in [-0.1, -0.05) is 60.7 Å². The maximum absolute atomic E-state index is 13.7. The third-order valence-corrected chi connectivity index (χ3v) is 5.92. The third kappa shape index (κ3) is 4.01. The standard InChI is InChI=1S/C28H22N2O3/c1-19(21-9-3-2-4-10-21)30(17-20-15-22-11-5-7-13-25(22)29-16-20)28(32)24-18-33-26-14-8-6-12-23(26)27(24)31/h2-16,18-19H,17H2,1H3. The average molecular weight is 434 g/mol. The molecule has 5 heteroatoms. The molecule has 5 rings (SSSR count). The van der Waals surface area contributed by atoms with Crippen molar-refractivity contribution in [3.63, 3.8) is 0 Å². The Balaban J connectivity index is 1.58. The zero-order valence-electron chi connectivity index (χ0n) is 18.1. The molecule has 1 unspecified atom stereocenters. The van der Waals surface area contributed by atoms with Crippen LogP contribution in [0.4, 0.5) is 0 Å². The van der Waals surface area contributed by atoms with Crippen LogP contribution in [-0.4, -0.2) is 15.8 Å². The van der Waals surface area contributed by atoms with E-state index in [1.54, 1.807) is 35.4 Å². The van der Waals surface area contributed by atoms with E-state index in [2.05, 4.69) is 4.98 Å². The fourth-order valence-electron chi connectivity index (χ4n) is 4.08. The van der Waals surface area contributed by atoms with Crippen LogP contribution >= 0.6 is 0 Å². The molecule has 0 aliphatic rings. The maximum atomic E-state index is 13.7. The predicted octanol–water partition coefficient (Wildman–Crippen LogP) is 5.74. The number of hydrogen-bond acceptors (Lipinski definition) is 4. The monoisotopic (exact) mass is 434 g/mol. The summed E-state index contributed by atoms with van der Waals surface area (Å²) in [6.45, 7) is 2.27. The molecule has 0 aliphatic heterocycles. The van der Waals surface area contributed by atoms with Crippen molar-refractivity contribution in [3.05, 3.63) is 124 Å². The molecule has 1 atom stereocenters. The number of benzene rings is 3. The summed E-state index contributed by atoms with van der Waals surface area (Å²) in [5.41, 5.74) is 2.90. The lowest BCUT2D eigenvalue weighted by Gasteiger charge is -2.29. The molecule has 2 aromatic heterocycles. The van der Waals surface area contributed by atoms with Crippen LogP contribution in [0.2, 0.25) is 0 Å². The Labute approximate surface area is 190 Å². The highest BCUT2D eigenvalue weighted by molar-refractivity contribution is 5.96. The Kier molecular flexibility index (Phi) is 5.45. The molecule has 0 bridgehead atoms. The number of amides is 1. The second-order valence-electron chi connectivity index (χ2n) is 8.03. The summed E-state index contributed by atoms with van der Waals surface area (Å²) < 4.78 is 5.63. The van der Waals surface area contributed by atoms with Gasteiger partial charge in [-0.05, 0) is 42.3 Å². The molecule has 5 nitrogen and oxygen atoms in total. The minimum absolute atomic E-state index is 0.0187. The van der Waals surface area contributed by atoms with Gasteiger partial charge in [-0.3, -0.25) is 14.6 Å². The first-order valence-corrected chi connectivity index (χ1v) is 10.8. The van der Waals surface area contributed by atoms with E-state index >= 15 is 0 Å². The maximum Gasteiger partial charge on any atom is 0.261 e. The highest BCUT2D eigenvalue weighted by Gasteiger charge is 2.26. The third-order valence-electron chi connectivity index (χ3n) is 5.92. The summed E-state index contributed by atoms with van der Waals surface area (Å²) in [7, 11) is 0. The topological polar surface area (TPSA) is 63.4 Å². The Hall–Kier alpha value is -4.25. The molecule has 0 saturated heterocycles. The van der Waals surface area contributed by atoms with Gasteiger partial charge in [0, 0.05) is 18.1 Å². The minimum Gasteiger partial charge on any atom is -0.463 e. The van der Waals surface area contributed by atoms with Gasteiger partial charge in [-0.15, -0.1) is 0 Å². The predicted molar refractivity (Wildman–Crippen MR) is 129 cm³/mol. The summed E-state index contributed by atoms with van der Waals surface area (Å²) in [5.74, 6) is -0.376. The van der Waals surface area contributed by atoms with E-state index in [9.17, 15) is 9.59 Å². The Morgan fingerprint density at radius 3 is 2.55 bits per heavy atom. The number of carbonyl (C=O) groups is 1. The quantitative estimate of drug-likeness (QED) is 0.354. The van der Waals surface area contributed by atoms with Gasteiger partial charge in [-0.25, -0.2) is 0 Å². The molecule has 33 heavy (non-hydrogen) atoms. The number of nitrogens with zero attached hydrogens (tertiary/aromatic N) is 2. The Bertz CT molecular complexity index is 1510. The second kappa shape index (κ2) is 8.71. The average Bonchev–Trinajstić information content (AvgIpc) is 2.87. The molecule has 0 fully saturated rings. The Morgan fingerprint density at radius 1 is 0.970 bits per heavy atom. The molecular formula is C28H22N2O3. The summed E-state index contributed by atoms with van der Waals surface area (Å²) >= 11 is 0. The molecule has 1 amide bonds. The molecular weight excluding hydrogens is 412 g/mol. The van der Waals surface area contributed by atoms with Gasteiger partial charge in [0.1, 0.15) is 17.4 Å². The number of para-hydroxylation sites is 2. The van der Waals surface area contributed by atoms with E-state index in [-0.39, 0.29) is 22.9 Å². The molecule has 0 spiro atoms. The second-order valence-corrected chi connectivity index (χ2v) is 8.03. The minimum atomic E-state index is -0.376. The van der Waals surface area contributed by atoms with Crippen molar-refractivity contribution >= 4 is 27.8 Å². The molecule has 0 N–H and O–H groups in total. The number of rotatable bonds is 5. The van der Waals surface area contributed by atoms with E-state index in [0.717, 1.165) is 22.0 Å². The first-order chi connectivity index (χ1) is 16.1. The van der Waals surface area contributed by atoms with Gasteiger partial charge in [-0.2, -0.15) is 0 Å². The van der Waals surface area contributed by atoms with Gasteiger partial charge >= 0.3 is 0 Å². The first-order valence-electron chi connectivity index (χ1n) is 10.8. The smallest absolute Gasteiger partial charge is 0.261 e. The van der Waals surface area contributed by atoms with E-state index < -0.39 is 0 Å². The lowest BCUT2D eigenvalue weighted by Crippen LogP contribution is -2.36. The Morgan fingerprint density at radius 2 is 1.70 bits per heavy atom. The van der Waals surface area contributed by atoms with Crippen LogP contribution in [0.3, 0.4) is 0 Å². The molecule has 0 radical (unpaired) electrons. The summed E-state index contributed by atoms with van der Waals surface area (Å²) in [6.07, 6.45) is 3.06. The number of carbonyl (C=O) groups excluding carboxylic acids is 1. The lowest BCUT2D eigenvalue weighted by molar-refractivity contribution is 0.0670.